The van der Waals surface area contributed by atoms with Crippen LogP contribution in [0.15, 0.2) is 27.4 Å². The molecule has 4 N–H and O–H groups in total. The largest absolute Gasteiger partial charge is 0.458 e. The van der Waals surface area contributed by atoms with Gasteiger partial charge < -0.3 is 20.8 Å². The number of anilines is 2. The van der Waals surface area contributed by atoms with Crippen molar-refractivity contribution in [3.8, 4) is 0 Å². The molecule has 0 radical (unpaired) electrons. The normalized spacial score (nSPS) is 17.4. The average molecular weight is 287 g/mol. The second-order valence-corrected chi connectivity index (χ2v) is 5.67. The van der Waals surface area contributed by atoms with Crippen molar-refractivity contribution < 1.29 is 4.42 Å². The SMILES string of the molecule is CCN1CCC(c2cc(=O)c3ccc(N)c(N)c3o2)CC1. The summed E-state index contributed by atoms with van der Waals surface area (Å²) in [4.78, 5) is 14.7. The lowest BCUT2D eigenvalue weighted by atomic mass is 9.93. The number of nitrogens with two attached hydrogens (primary N) is 2. The van der Waals surface area contributed by atoms with Gasteiger partial charge in [0.25, 0.3) is 0 Å². The first-order chi connectivity index (χ1) is 10.1. The van der Waals surface area contributed by atoms with Crippen LogP contribution in [-0.2, 0) is 0 Å². The summed E-state index contributed by atoms with van der Waals surface area (Å²) in [6.07, 6.45) is 2.01. The quantitative estimate of drug-likeness (QED) is 0.827. The molecule has 5 heteroatoms. The molecule has 1 saturated heterocycles. The zero-order valence-electron chi connectivity index (χ0n) is 12.3. The predicted octanol–water partition coefficient (Wildman–Crippen LogP) is 2.16. The third-order valence-electron chi connectivity index (χ3n) is 4.43. The van der Waals surface area contributed by atoms with Gasteiger partial charge in [-0.1, -0.05) is 6.92 Å². The lowest BCUT2D eigenvalue weighted by molar-refractivity contribution is 0.212. The Morgan fingerprint density at radius 2 is 2.00 bits per heavy atom. The molecule has 112 valence electrons. The maximum absolute atomic E-state index is 12.3. The number of fused-ring (bicyclic) bond motifs is 1. The second kappa shape index (κ2) is 5.41. The Morgan fingerprint density at radius 3 is 2.67 bits per heavy atom. The van der Waals surface area contributed by atoms with Crippen molar-refractivity contribution in [1.29, 1.82) is 0 Å². The van der Waals surface area contributed by atoms with Gasteiger partial charge in [-0.25, -0.2) is 0 Å². The molecule has 1 aromatic carbocycles. The first-order valence-corrected chi connectivity index (χ1v) is 7.44. The summed E-state index contributed by atoms with van der Waals surface area (Å²) in [6, 6.07) is 4.94. The number of nitrogens with zero attached hydrogens (tertiary/aromatic N) is 1. The van der Waals surface area contributed by atoms with Gasteiger partial charge in [0.15, 0.2) is 11.0 Å². The number of hydrogen-bond acceptors (Lipinski definition) is 5. The van der Waals surface area contributed by atoms with Crippen LogP contribution >= 0.6 is 0 Å². The fourth-order valence-electron chi connectivity index (χ4n) is 3.01. The molecule has 0 amide bonds. The van der Waals surface area contributed by atoms with E-state index in [0.29, 0.717) is 22.3 Å². The summed E-state index contributed by atoms with van der Waals surface area (Å²) >= 11 is 0. The number of nitrogen functional groups attached to an aromatic ring is 2. The van der Waals surface area contributed by atoms with Gasteiger partial charge >= 0.3 is 0 Å². The summed E-state index contributed by atoms with van der Waals surface area (Å²) in [5.41, 5.74) is 13.0. The Morgan fingerprint density at radius 1 is 1.29 bits per heavy atom. The fraction of sp³-hybridized carbons (Fsp3) is 0.438. The van der Waals surface area contributed by atoms with Gasteiger partial charge in [0.05, 0.1) is 16.8 Å². The molecule has 0 atom stereocenters. The number of piperidine rings is 1. The van der Waals surface area contributed by atoms with E-state index in [9.17, 15) is 4.79 Å². The molecule has 2 heterocycles. The van der Waals surface area contributed by atoms with Gasteiger partial charge in [-0.3, -0.25) is 4.79 Å². The molecule has 0 unspecified atom stereocenters. The number of hydrogen-bond donors (Lipinski definition) is 2. The van der Waals surface area contributed by atoms with Crippen LogP contribution < -0.4 is 16.9 Å². The molecule has 1 aromatic heterocycles. The van der Waals surface area contributed by atoms with Gasteiger partial charge in [-0.05, 0) is 44.6 Å². The van der Waals surface area contributed by atoms with E-state index >= 15 is 0 Å². The standard InChI is InChI=1S/C16H21N3O2/c1-2-19-7-5-10(6-8-19)14-9-13(20)11-3-4-12(17)15(18)16(11)21-14/h3-4,9-10H,2,5-8,17-18H2,1H3. The van der Waals surface area contributed by atoms with Crippen LogP contribution in [0, 0.1) is 0 Å². The maximum Gasteiger partial charge on any atom is 0.193 e. The Kier molecular flexibility index (Phi) is 3.59. The van der Waals surface area contributed by atoms with Crippen LogP contribution in [0.5, 0.6) is 0 Å². The zero-order valence-corrected chi connectivity index (χ0v) is 12.3. The molecule has 0 aliphatic carbocycles. The second-order valence-electron chi connectivity index (χ2n) is 5.67. The Labute approximate surface area is 123 Å². The van der Waals surface area contributed by atoms with E-state index in [0.717, 1.165) is 38.2 Å². The van der Waals surface area contributed by atoms with Crippen LogP contribution in [0.4, 0.5) is 11.4 Å². The van der Waals surface area contributed by atoms with Crippen molar-refractivity contribution >= 4 is 22.3 Å². The van der Waals surface area contributed by atoms with Crippen molar-refractivity contribution in [1.82, 2.24) is 4.90 Å². The summed E-state index contributed by atoms with van der Waals surface area (Å²) in [6.45, 7) is 5.31. The topological polar surface area (TPSA) is 85.5 Å². The van der Waals surface area contributed by atoms with Crippen molar-refractivity contribution in [2.75, 3.05) is 31.1 Å². The van der Waals surface area contributed by atoms with E-state index < -0.39 is 0 Å². The van der Waals surface area contributed by atoms with E-state index in [1.165, 1.54) is 0 Å². The molecule has 5 nitrogen and oxygen atoms in total. The third kappa shape index (κ3) is 2.49. The minimum atomic E-state index is -0.0455. The lowest BCUT2D eigenvalue weighted by Crippen LogP contribution is -2.32. The van der Waals surface area contributed by atoms with Gasteiger partial charge in [0.1, 0.15) is 5.76 Å². The van der Waals surface area contributed by atoms with Gasteiger partial charge in [0, 0.05) is 12.0 Å². The monoisotopic (exact) mass is 287 g/mol. The van der Waals surface area contributed by atoms with Crippen molar-refractivity contribution in [2.24, 2.45) is 0 Å². The molecule has 1 aliphatic heterocycles. The molecule has 1 fully saturated rings. The van der Waals surface area contributed by atoms with Crippen LogP contribution in [-0.4, -0.2) is 24.5 Å². The van der Waals surface area contributed by atoms with Gasteiger partial charge in [-0.2, -0.15) is 0 Å². The molecule has 2 aromatic rings. The summed E-state index contributed by atoms with van der Waals surface area (Å²) < 4.78 is 5.94. The highest BCUT2D eigenvalue weighted by atomic mass is 16.3. The van der Waals surface area contributed by atoms with Crippen LogP contribution in [0.3, 0.4) is 0 Å². The third-order valence-corrected chi connectivity index (χ3v) is 4.43. The van der Waals surface area contributed by atoms with E-state index in [-0.39, 0.29) is 11.3 Å². The number of benzene rings is 1. The summed E-state index contributed by atoms with van der Waals surface area (Å²) in [5, 5.41) is 0.497. The lowest BCUT2D eigenvalue weighted by Gasteiger charge is -2.30. The van der Waals surface area contributed by atoms with Crippen LogP contribution in [0.1, 0.15) is 31.4 Å². The first-order valence-electron chi connectivity index (χ1n) is 7.44. The summed E-state index contributed by atoms with van der Waals surface area (Å²) in [7, 11) is 0. The van der Waals surface area contributed by atoms with Crippen molar-refractivity contribution in [3.63, 3.8) is 0 Å². The summed E-state index contributed by atoms with van der Waals surface area (Å²) in [5.74, 6) is 1.02. The van der Waals surface area contributed by atoms with E-state index in [1.54, 1.807) is 18.2 Å². The van der Waals surface area contributed by atoms with E-state index in [2.05, 4.69) is 11.8 Å². The molecule has 0 bridgehead atoms. The Bertz CT molecular complexity index is 715. The van der Waals surface area contributed by atoms with E-state index in [4.69, 9.17) is 15.9 Å². The highest BCUT2D eigenvalue weighted by molar-refractivity contribution is 5.93. The molecule has 3 rings (SSSR count). The van der Waals surface area contributed by atoms with Gasteiger partial charge in [0.2, 0.25) is 0 Å². The zero-order chi connectivity index (χ0) is 15.0. The molecular formula is C16H21N3O2. The maximum atomic E-state index is 12.3. The molecule has 0 saturated carbocycles. The minimum Gasteiger partial charge on any atom is -0.458 e. The van der Waals surface area contributed by atoms with Crippen LogP contribution in [0.2, 0.25) is 0 Å². The molecule has 0 spiro atoms. The fourth-order valence-corrected chi connectivity index (χ4v) is 3.01. The average Bonchev–Trinajstić information content (AvgIpc) is 2.51. The molecule has 1 aliphatic rings. The highest BCUT2D eigenvalue weighted by Crippen LogP contribution is 2.31. The van der Waals surface area contributed by atoms with Crippen LogP contribution in [0.25, 0.3) is 11.0 Å². The first kappa shape index (κ1) is 13.9. The smallest absolute Gasteiger partial charge is 0.193 e. The molecule has 21 heavy (non-hydrogen) atoms. The minimum absolute atomic E-state index is 0.0455. The Balaban J connectivity index is 2.01. The number of rotatable bonds is 2. The van der Waals surface area contributed by atoms with Crippen molar-refractivity contribution in [3.05, 3.63) is 34.2 Å². The molecular weight excluding hydrogens is 266 g/mol. The van der Waals surface area contributed by atoms with Gasteiger partial charge in [-0.15, -0.1) is 0 Å². The van der Waals surface area contributed by atoms with E-state index in [1.807, 2.05) is 0 Å². The Hall–Kier alpha value is -2.01. The predicted molar refractivity (Wildman–Crippen MR) is 85.4 cm³/mol. The highest BCUT2D eigenvalue weighted by Gasteiger charge is 2.23. The van der Waals surface area contributed by atoms with Crippen molar-refractivity contribution in [2.45, 2.75) is 25.7 Å². The number of likely N-dealkylation sites (tertiary alicyclic amines) is 1.